The molecule has 2 aliphatic rings. The fraction of sp³-hybridized carbons (Fsp3) is 0.426. The van der Waals surface area contributed by atoms with Gasteiger partial charge in [0.2, 0.25) is 23.4 Å². The molecule has 0 aliphatic heterocycles. The summed E-state index contributed by atoms with van der Waals surface area (Å²) < 4.78 is 97.2. The molecule has 2 saturated carbocycles. The number of nitrogens with two attached hydrogens (primary N) is 1. The van der Waals surface area contributed by atoms with Crippen LogP contribution in [0.5, 0.6) is 11.5 Å². The van der Waals surface area contributed by atoms with E-state index < -0.39 is 95.0 Å². The lowest BCUT2D eigenvalue weighted by Crippen LogP contribution is -2.46. The van der Waals surface area contributed by atoms with Crippen LogP contribution in [0.3, 0.4) is 0 Å². The van der Waals surface area contributed by atoms with E-state index in [1.807, 2.05) is 0 Å². The minimum atomic E-state index is -1.54. The molecule has 0 saturated heterocycles. The van der Waals surface area contributed by atoms with Crippen molar-refractivity contribution >= 4 is 41.1 Å². The van der Waals surface area contributed by atoms with Gasteiger partial charge in [0, 0.05) is 37.1 Å². The molecule has 2 fully saturated rings. The normalized spacial score (nSPS) is 14.8. The van der Waals surface area contributed by atoms with Crippen molar-refractivity contribution in [2.45, 2.75) is 103 Å². The van der Waals surface area contributed by atoms with Crippen LogP contribution in [-0.4, -0.2) is 70.3 Å². The largest absolute Gasteiger partial charge is 0.480 e. The first kappa shape index (κ1) is 51.3. The highest BCUT2D eigenvalue weighted by atomic mass is 19.2. The first-order valence-corrected chi connectivity index (χ1v) is 21.6. The number of carbonyl (C=O) groups excluding carboxylic acids is 5. The van der Waals surface area contributed by atoms with E-state index in [0.29, 0.717) is 54.1 Å². The van der Waals surface area contributed by atoms with E-state index in [4.69, 9.17) is 19.9 Å². The summed E-state index contributed by atoms with van der Waals surface area (Å²) in [4.78, 5) is 70.9. The topological polar surface area (TPSA) is 201 Å². The van der Waals surface area contributed by atoms with E-state index in [9.17, 15) is 50.3 Å². The van der Waals surface area contributed by atoms with Crippen LogP contribution in [0.15, 0.2) is 60.9 Å². The number of nitrogens with one attached hydrogen (secondary N) is 3. The summed E-state index contributed by atoms with van der Waals surface area (Å²) in [5, 5.41) is 7.91. The molecular weight excluding hydrogens is 891 g/mol. The molecule has 2 unspecified atom stereocenters. The second-order valence-corrected chi connectivity index (χ2v) is 17.1. The van der Waals surface area contributed by atoms with Crippen molar-refractivity contribution in [3.63, 3.8) is 0 Å². The van der Waals surface area contributed by atoms with Gasteiger partial charge in [-0.05, 0) is 94.0 Å². The number of ketones is 2. The number of ether oxygens (including phenoxy) is 3. The Hall–Kier alpha value is -6.73. The predicted octanol–water partition coefficient (Wildman–Crippen LogP) is 7.66. The van der Waals surface area contributed by atoms with Crippen molar-refractivity contribution in [1.29, 1.82) is 0 Å². The third-order valence-electron chi connectivity index (χ3n) is 10.8. The van der Waals surface area contributed by atoms with Gasteiger partial charge in [0.1, 0.15) is 30.5 Å². The first-order valence-electron chi connectivity index (χ1n) is 21.6. The maximum atomic E-state index is 13.9. The molecule has 2 aromatic heterocycles. The number of pyridine rings is 2. The first-order chi connectivity index (χ1) is 31.8. The van der Waals surface area contributed by atoms with E-state index in [1.54, 1.807) is 39.0 Å². The molecule has 0 bridgehead atoms. The number of halogens is 6. The molecule has 20 heteroatoms. The van der Waals surface area contributed by atoms with Gasteiger partial charge in [-0.25, -0.2) is 32.3 Å². The zero-order valence-corrected chi connectivity index (χ0v) is 37.1. The summed E-state index contributed by atoms with van der Waals surface area (Å²) in [7, 11) is 0. The Morgan fingerprint density at radius 1 is 0.627 bits per heavy atom. The van der Waals surface area contributed by atoms with E-state index >= 15 is 0 Å². The Morgan fingerprint density at radius 3 is 1.43 bits per heavy atom. The van der Waals surface area contributed by atoms with Gasteiger partial charge in [-0.1, -0.05) is 37.8 Å². The van der Waals surface area contributed by atoms with Gasteiger partial charge in [0.25, 0.3) is 0 Å². The minimum Gasteiger partial charge on any atom is -0.480 e. The third kappa shape index (κ3) is 15.4. The summed E-state index contributed by atoms with van der Waals surface area (Å²) in [6.07, 6.45) is 8.92. The molecule has 6 rings (SSSR count). The molecular formula is C47H52F6N6O8. The highest BCUT2D eigenvalue weighted by Gasteiger charge is 2.31. The predicted molar refractivity (Wildman–Crippen MR) is 232 cm³/mol. The van der Waals surface area contributed by atoms with Crippen LogP contribution < -0.4 is 31.2 Å². The number of hydrogen-bond acceptors (Lipinski definition) is 11. The Bertz CT molecular complexity index is 2370. The van der Waals surface area contributed by atoms with Crippen molar-refractivity contribution in [3.8, 4) is 11.5 Å². The summed E-state index contributed by atoms with van der Waals surface area (Å²) in [5.74, 6) is -11.6. The highest BCUT2D eigenvalue weighted by Crippen LogP contribution is 2.28. The Balaban J connectivity index is 0.000000256. The summed E-state index contributed by atoms with van der Waals surface area (Å²) in [5.41, 5.74) is 6.06. The number of benzene rings is 2. The molecule has 67 heavy (non-hydrogen) atoms. The maximum Gasteiger partial charge on any atom is 0.413 e. The van der Waals surface area contributed by atoms with Crippen LogP contribution in [0.25, 0.3) is 0 Å². The molecule has 2 aliphatic carbocycles. The van der Waals surface area contributed by atoms with Gasteiger partial charge in [-0.15, -0.1) is 0 Å². The van der Waals surface area contributed by atoms with E-state index in [1.165, 1.54) is 18.5 Å². The molecule has 14 nitrogen and oxygen atoms in total. The standard InChI is InChI=1S/C26H30F3N3O5.C21H22F3N3O3/c1-26(2,3)37-25(35)32-21-11-8-15(13-30-21)12-19(31-24(34)16-6-4-5-7-16)20(33)14-36-23-18(28)10-9-17(27)22(23)29;22-14-6-7-15(23)20(19(14)24)30-11-17(28)16(9-12-5-8-18(25)26-10-12)27-21(29)13-3-1-2-4-13/h8-11,13,16,19H,4-7,12,14H2,1-3H3,(H,31,34)(H,30,32,35);5-8,10,13,16H,1-4,9,11H2,(H2,25,26)(H,27,29). The number of anilines is 2. The SMILES string of the molecule is CC(C)(C)OC(=O)Nc1ccc(CC(NC(=O)C2CCCC2)C(=O)COc2c(F)ccc(F)c2F)cn1.Nc1ccc(CC(NC(=O)C2CCCC2)C(=O)COc2c(F)ccc(F)c2F)cn1. The lowest BCUT2D eigenvalue weighted by Gasteiger charge is -2.21. The average molecular weight is 943 g/mol. The van der Waals surface area contributed by atoms with Crippen molar-refractivity contribution < 1.29 is 64.5 Å². The zero-order chi connectivity index (χ0) is 48.8. The minimum absolute atomic E-state index is 0.00842. The number of rotatable bonds is 17. The van der Waals surface area contributed by atoms with Crippen LogP contribution in [0.4, 0.5) is 42.8 Å². The van der Waals surface area contributed by atoms with E-state index in [0.717, 1.165) is 38.5 Å². The van der Waals surface area contributed by atoms with Crippen LogP contribution in [0, 0.1) is 46.7 Å². The van der Waals surface area contributed by atoms with E-state index in [2.05, 4.69) is 25.9 Å². The van der Waals surface area contributed by atoms with Crippen LogP contribution in [0.1, 0.15) is 83.3 Å². The molecule has 360 valence electrons. The maximum absolute atomic E-state index is 13.9. The average Bonchev–Trinajstić information content (AvgIpc) is 4.03. The number of aromatic nitrogens is 2. The lowest BCUT2D eigenvalue weighted by atomic mass is 10.0. The Kier molecular flexibility index (Phi) is 18.1. The number of nitrogens with zero attached hydrogens (tertiary/aromatic N) is 2. The van der Waals surface area contributed by atoms with Gasteiger partial charge in [0.15, 0.2) is 46.3 Å². The summed E-state index contributed by atoms with van der Waals surface area (Å²) in [6.45, 7) is 3.64. The van der Waals surface area contributed by atoms with Crippen molar-refractivity contribution in [3.05, 3.63) is 107 Å². The van der Waals surface area contributed by atoms with Gasteiger partial charge >= 0.3 is 6.09 Å². The fourth-order valence-electron chi connectivity index (χ4n) is 7.27. The molecule has 2 atom stereocenters. The second-order valence-electron chi connectivity index (χ2n) is 17.1. The van der Waals surface area contributed by atoms with Gasteiger partial charge in [-0.2, -0.15) is 8.78 Å². The van der Waals surface area contributed by atoms with Crippen LogP contribution in [-0.2, 0) is 36.8 Å². The lowest BCUT2D eigenvalue weighted by molar-refractivity contribution is -0.131. The molecule has 0 spiro atoms. The van der Waals surface area contributed by atoms with Crippen LogP contribution in [0.2, 0.25) is 0 Å². The fourth-order valence-corrected chi connectivity index (χ4v) is 7.27. The molecule has 4 aromatic rings. The summed E-state index contributed by atoms with van der Waals surface area (Å²) >= 11 is 0. The molecule has 2 heterocycles. The van der Waals surface area contributed by atoms with Crippen molar-refractivity contribution in [2.24, 2.45) is 11.8 Å². The molecule has 0 radical (unpaired) electrons. The second kappa shape index (κ2) is 23.6. The number of Topliss-reactive ketones (excluding diaryl/α,β-unsaturated/α-hetero) is 2. The number of hydrogen-bond donors (Lipinski definition) is 4. The van der Waals surface area contributed by atoms with Crippen LogP contribution >= 0.6 is 0 Å². The van der Waals surface area contributed by atoms with Gasteiger partial charge in [0.05, 0.1) is 12.1 Å². The van der Waals surface area contributed by atoms with Crippen molar-refractivity contribution in [1.82, 2.24) is 20.6 Å². The smallest absolute Gasteiger partial charge is 0.413 e. The number of amides is 3. The summed E-state index contributed by atoms with van der Waals surface area (Å²) in [6, 6.07) is 6.88. The quantitative estimate of drug-likeness (QED) is 0.0599. The van der Waals surface area contributed by atoms with Gasteiger partial charge < -0.3 is 30.6 Å². The third-order valence-corrected chi connectivity index (χ3v) is 10.8. The van der Waals surface area contributed by atoms with Crippen molar-refractivity contribution in [2.75, 3.05) is 24.3 Å². The number of carbonyl (C=O) groups is 5. The molecule has 3 amide bonds. The van der Waals surface area contributed by atoms with Gasteiger partial charge in [-0.3, -0.25) is 24.5 Å². The van der Waals surface area contributed by atoms with E-state index in [-0.39, 0.29) is 42.3 Å². The zero-order valence-electron chi connectivity index (χ0n) is 37.1. The molecule has 5 N–H and O–H groups in total. The Morgan fingerprint density at radius 2 is 1.04 bits per heavy atom. The highest BCUT2D eigenvalue weighted by molar-refractivity contribution is 5.92. The Labute approximate surface area is 382 Å². The monoisotopic (exact) mass is 942 g/mol. The number of nitrogen functional groups attached to an aromatic ring is 1. The molecule has 2 aromatic carbocycles.